The van der Waals surface area contributed by atoms with Gasteiger partial charge in [0.2, 0.25) is 0 Å². The number of nitrogens with zero attached hydrogens (tertiary/aromatic N) is 1. The molecule has 0 aliphatic heterocycles. The van der Waals surface area contributed by atoms with Crippen LogP contribution in [-0.4, -0.2) is 11.3 Å². The molecule has 116 valence electrons. The van der Waals surface area contributed by atoms with Gasteiger partial charge in [0.05, 0.1) is 5.56 Å². The molecule has 0 amide bonds. The Morgan fingerprint density at radius 3 is 2.48 bits per heavy atom. The fourth-order valence-electron chi connectivity index (χ4n) is 1.56. The summed E-state index contributed by atoms with van der Waals surface area (Å²) < 4.78 is 37.2. The van der Waals surface area contributed by atoms with E-state index in [2.05, 4.69) is 22.8 Å². The highest BCUT2D eigenvalue weighted by Crippen LogP contribution is 2.29. The number of hydrazone groups is 1. The number of nitrogens with one attached hydrogen (secondary N) is 2. The van der Waals surface area contributed by atoms with Gasteiger partial charge in [0.1, 0.15) is 0 Å². The Morgan fingerprint density at radius 2 is 1.90 bits per heavy atom. The molecule has 1 aromatic carbocycles. The molecule has 0 saturated carbocycles. The van der Waals surface area contributed by atoms with E-state index in [1.165, 1.54) is 12.1 Å². The van der Waals surface area contributed by atoms with E-state index in [0.29, 0.717) is 5.69 Å². The zero-order valence-electron chi connectivity index (χ0n) is 11.7. The summed E-state index contributed by atoms with van der Waals surface area (Å²) in [5.41, 5.74) is 2.40. The van der Waals surface area contributed by atoms with E-state index in [1.54, 1.807) is 6.21 Å². The van der Waals surface area contributed by atoms with Crippen molar-refractivity contribution < 1.29 is 13.2 Å². The first-order chi connectivity index (χ1) is 9.93. The van der Waals surface area contributed by atoms with Crippen LogP contribution < -0.4 is 10.7 Å². The van der Waals surface area contributed by atoms with Gasteiger partial charge in [0.25, 0.3) is 0 Å². The lowest BCUT2D eigenvalue weighted by atomic mass is 10.2. The summed E-state index contributed by atoms with van der Waals surface area (Å²) in [6.45, 7) is 2.12. The lowest BCUT2D eigenvalue weighted by Gasteiger charge is -2.09. The van der Waals surface area contributed by atoms with E-state index in [9.17, 15) is 13.2 Å². The third-order valence-corrected chi connectivity index (χ3v) is 2.86. The SMILES string of the molecule is CCCCC/C=N/NC(=S)Nc1ccc(C(F)(F)F)cc1. The Labute approximate surface area is 127 Å². The predicted octanol–water partition coefficient (Wildman–Crippen LogP) is 4.56. The third-order valence-electron chi connectivity index (χ3n) is 2.66. The van der Waals surface area contributed by atoms with Gasteiger partial charge in [0, 0.05) is 11.9 Å². The largest absolute Gasteiger partial charge is 0.416 e. The van der Waals surface area contributed by atoms with Crippen LogP contribution in [0.2, 0.25) is 0 Å². The van der Waals surface area contributed by atoms with Gasteiger partial charge in [-0.15, -0.1) is 0 Å². The van der Waals surface area contributed by atoms with E-state index in [1.807, 2.05) is 0 Å². The van der Waals surface area contributed by atoms with Gasteiger partial charge in [-0.3, -0.25) is 5.43 Å². The van der Waals surface area contributed by atoms with Crippen molar-refractivity contribution in [2.45, 2.75) is 38.8 Å². The fourth-order valence-corrected chi connectivity index (χ4v) is 1.73. The normalized spacial score (nSPS) is 11.6. The smallest absolute Gasteiger partial charge is 0.331 e. The predicted molar refractivity (Wildman–Crippen MR) is 83.4 cm³/mol. The van der Waals surface area contributed by atoms with Crippen molar-refractivity contribution in [1.29, 1.82) is 0 Å². The Hall–Kier alpha value is -1.63. The average Bonchev–Trinajstić information content (AvgIpc) is 2.42. The Morgan fingerprint density at radius 1 is 1.24 bits per heavy atom. The van der Waals surface area contributed by atoms with Gasteiger partial charge in [0.15, 0.2) is 5.11 Å². The number of benzene rings is 1. The second kappa shape index (κ2) is 8.61. The summed E-state index contributed by atoms with van der Waals surface area (Å²) >= 11 is 4.98. The molecule has 0 radical (unpaired) electrons. The van der Waals surface area contributed by atoms with Gasteiger partial charge in [-0.1, -0.05) is 19.8 Å². The molecule has 0 aliphatic rings. The number of alkyl halides is 3. The maximum absolute atomic E-state index is 12.4. The van der Waals surface area contributed by atoms with Gasteiger partial charge < -0.3 is 5.32 Å². The quantitative estimate of drug-likeness (QED) is 0.349. The summed E-state index contributed by atoms with van der Waals surface area (Å²) in [5, 5.41) is 6.94. The summed E-state index contributed by atoms with van der Waals surface area (Å²) in [4.78, 5) is 0. The molecule has 0 saturated heterocycles. The third kappa shape index (κ3) is 7.08. The van der Waals surface area contributed by atoms with Crippen molar-refractivity contribution in [1.82, 2.24) is 5.43 Å². The summed E-state index contributed by atoms with van der Waals surface area (Å²) in [7, 11) is 0. The molecule has 2 N–H and O–H groups in total. The number of unbranched alkanes of at least 4 members (excludes halogenated alkanes) is 3. The standard InChI is InChI=1S/C14H18F3N3S/c1-2-3-4-5-10-18-20-13(21)19-12-8-6-11(7-9-12)14(15,16)17/h6-10H,2-5H2,1H3,(H2,19,20,21)/b18-10+. The van der Waals surface area contributed by atoms with Crippen LogP contribution in [-0.2, 0) is 6.18 Å². The van der Waals surface area contributed by atoms with Crippen LogP contribution in [0.5, 0.6) is 0 Å². The summed E-state index contributed by atoms with van der Waals surface area (Å²) in [6, 6.07) is 4.64. The first-order valence-corrected chi connectivity index (χ1v) is 7.10. The minimum absolute atomic E-state index is 0.238. The van der Waals surface area contributed by atoms with Crippen LogP contribution in [0.1, 0.15) is 38.2 Å². The van der Waals surface area contributed by atoms with Gasteiger partial charge >= 0.3 is 6.18 Å². The highest BCUT2D eigenvalue weighted by molar-refractivity contribution is 7.80. The van der Waals surface area contributed by atoms with Crippen LogP contribution in [0.25, 0.3) is 0 Å². The summed E-state index contributed by atoms with van der Waals surface area (Å²) in [5.74, 6) is 0. The molecule has 0 aromatic heterocycles. The monoisotopic (exact) mass is 317 g/mol. The second-order valence-corrected chi connectivity index (χ2v) is 4.86. The second-order valence-electron chi connectivity index (χ2n) is 4.45. The first kappa shape index (κ1) is 17.4. The lowest BCUT2D eigenvalue weighted by Crippen LogP contribution is -2.23. The molecular weight excluding hydrogens is 299 g/mol. The van der Waals surface area contributed by atoms with Crippen molar-refractivity contribution in [2.75, 3.05) is 5.32 Å². The number of hydrogen-bond acceptors (Lipinski definition) is 2. The van der Waals surface area contributed by atoms with E-state index in [4.69, 9.17) is 12.2 Å². The fraction of sp³-hybridized carbons (Fsp3) is 0.429. The molecule has 7 heteroatoms. The Bertz CT molecular complexity index is 469. The maximum atomic E-state index is 12.4. The molecule has 21 heavy (non-hydrogen) atoms. The number of anilines is 1. The van der Waals surface area contributed by atoms with Crippen molar-refractivity contribution in [3.8, 4) is 0 Å². The van der Waals surface area contributed by atoms with Crippen molar-refractivity contribution in [2.24, 2.45) is 5.10 Å². The topological polar surface area (TPSA) is 36.4 Å². The highest BCUT2D eigenvalue weighted by Gasteiger charge is 2.29. The van der Waals surface area contributed by atoms with Crippen molar-refractivity contribution in [3.63, 3.8) is 0 Å². The van der Waals surface area contributed by atoms with Crippen LogP contribution in [0, 0.1) is 0 Å². The van der Waals surface area contributed by atoms with E-state index >= 15 is 0 Å². The molecule has 0 bridgehead atoms. The van der Waals surface area contributed by atoms with Crippen LogP contribution in [0.15, 0.2) is 29.4 Å². The zero-order valence-corrected chi connectivity index (χ0v) is 12.5. The molecule has 1 rings (SSSR count). The van der Waals surface area contributed by atoms with Crippen molar-refractivity contribution >= 4 is 29.2 Å². The number of rotatable bonds is 6. The Balaban J connectivity index is 2.38. The minimum Gasteiger partial charge on any atom is -0.331 e. The molecule has 0 atom stereocenters. The lowest BCUT2D eigenvalue weighted by molar-refractivity contribution is -0.137. The van der Waals surface area contributed by atoms with Crippen molar-refractivity contribution in [3.05, 3.63) is 29.8 Å². The number of thiocarbonyl (C=S) groups is 1. The molecular formula is C14H18F3N3S. The Kier molecular flexibility index (Phi) is 7.14. The van der Waals surface area contributed by atoms with Crippen LogP contribution in [0.4, 0.5) is 18.9 Å². The highest BCUT2D eigenvalue weighted by atomic mass is 32.1. The molecule has 3 nitrogen and oxygen atoms in total. The summed E-state index contributed by atoms with van der Waals surface area (Å²) in [6.07, 6.45) is 1.64. The maximum Gasteiger partial charge on any atom is 0.416 e. The molecule has 0 spiro atoms. The van der Waals surface area contributed by atoms with Gasteiger partial charge in [-0.2, -0.15) is 18.3 Å². The first-order valence-electron chi connectivity index (χ1n) is 6.69. The van der Waals surface area contributed by atoms with Gasteiger partial charge in [-0.05, 0) is 49.3 Å². The molecule has 0 heterocycles. The zero-order chi connectivity index (χ0) is 15.7. The minimum atomic E-state index is -4.33. The molecule has 0 fully saturated rings. The van der Waals surface area contributed by atoms with E-state index in [0.717, 1.165) is 37.8 Å². The molecule has 0 aliphatic carbocycles. The van der Waals surface area contributed by atoms with Gasteiger partial charge in [-0.25, -0.2) is 0 Å². The van der Waals surface area contributed by atoms with Crippen LogP contribution in [0.3, 0.4) is 0 Å². The number of halogens is 3. The van der Waals surface area contributed by atoms with Crippen LogP contribution >= 0.6 is 12.2 Å². The average molecular weight is 317 g/mol. The molecule has 0 unspecified atom stereocenters. The van der Waals surface area contributed by atoms with E-state index in [-0.39, 0.29) is 5.11 Å². The molecule has 1 aromatic rings. The van der Waals surface area contributed by atoms with E-state index < -0.39 is 11.7 Å². The number of hydrogen-bond donors (Lipinski definition) is 2.